The normalized spacial score (nSPS) is 11.1. The zero-order chi connectivity index (χ0) is 19.9. The van der Waals surface area contributed by atoms with Crippen LogP contribution in [0, 0.1) is 19.7 Å². The summed E-state index contributed by atoms with van der Waals surface area (Å²) in [7, 11) is 1.75. The average Bonchev–Trinajstić information content (AvgIpc) is 3.00. The van der Waals surface area contributed by atoms with Gasteiger partial charge in [0, 0.05) is 31.4 Å². The summed E-state index contributed by atoms with van der Waals surface area (Å²) >= 11 is 0. The molecule has 3 rings (SSSR count). The standard InChI is InChI=1S/C22H26FN5.HI/c1-16-21(17(2)28(27-16)20-7-5-4-6-8-20)15-26-22(24-3)25-14-13-18-9-11-19(23)12-10-18;/h4-12H,13-15H2,1-3H3,(H2,24,25,26);1H. The molecular weight excluding hydrogens is 480 g/mol. The van der Waals surface area contributed by atoms with Crippen LogP contribution in [0.25, 0.3) is 5.69 Å². The maximum absolute atomic E-state index is 13.0. The Morgan fingerprint density at radius 1 is 1.03 bits per heavy atom. The molecule has 0 amide bonds. The van der Waals surface area contributed by atoms with Crippen LogP contribution in [0.15, 0.2) is 59.6 Å². The maximum atomic E-state index is 13.0. The molecule has 0 aliphatic carbocycles. The van der Waals surface area contributed by atoms with Crippen molar-refractivity contribution in [1.29, 1.82) is 0 Å². The van der Waals surface area contributed by atoms with Gasteiger partial charge in [0.15, 0.2) is 5.96 Å². The Labute approximate surface area is 188 Å². The number of para-hydroxylation sites is 1. The molecule has 154 valence electrons. The van der Waals surface area contributed by atoms with E-state index in [1.54, 1.807) is 19.2 Å². The van der Waals surface area contributed by atoms with Crippen LogP contribution in [0.3, 0.4) is 0 Å². The molecule has 0 bridgehead atoms. The Kier molecular flexibility index (Phi) is 8.63. The molecule has 0 aliphatic heterocycles. The fourth-order valence-corrected chi connectivity index (χ4v) is 3.12. The summed E-state index contributed by atoms with van der Waals surface area (Å²) in [4.78, 5) is 4.28. The minimum atomic E-state index is -0.212. The molecular formula is C22H27FIN5. The molecule has 0 aliphatic rings. The zero-order valence-electron chi connectivity index (χ0n) is 16.9. The Bertz CT molecular complexity index is 936. The number of nitrogens with zero attached hydrogens (tertiary/aromatic N) is 3. The molecule has 0 saturated carbocycles. The number of halogens is 2. The summed E-state index contributed by atoms with van der Waals surface area (Å²) in [5.74, 6) is 0.518. The van der Waals surface area contributed by atoms with Crippen molar-refractivity contribution in [3.8, 4) is 5.69 Å². The van der Waals surface area contributed by atoms with Crippen LogP contribution < -0.4 is 10.6 Å². The fraction of sp³-hybridized carbons (Fsp3) is 0.273. The van der Waals surface area contributed by atoms with Crippen molar-refractivity contribution in [1.82, 2.24) is 20.4 Å². The highest BCUT2D eigenvalue weighted by Gasteiger charge is 2.13. The monoisotopic (exact) mass is 507 g/mol. The minimum absolute atomic E-state index is 0. The van der Waals surface area contributed by atoms with Gasteiger partial charge in [-0.15, -0.1) is 24.0 Å². The van der Waals surface area contributed by atoms with E-state index in [4.69, 9.17) is 0 Å². The van der Waals surface area contributed by atoms with Crippen molar-refractivity contribution >= 4 is 29.9 Å². The number of nitrogens with one attached hydrogen (secondary N) is 2. The second kappa shape index (κ2) is 10.9. The molecule has 0 spiro atoms. The molecule has 1 aromatic heterocycles. The lowest BCUT2D eigenvalue weighted by Gasteiger charge is -2.12. The second-order valence-corrected chi connectivity index (χ2v) is 6.63. The predicted octanol–water partition coefficient (Wildman–Crippen LogP) is 4.15. The molecule has 2 N–H and O–H groups in total. The molecule has 2 aromatic carbocycles. The van der Waals surface area contributed by atoms with Crippen molar-refractivity contribution < 1.29 is 4.39 Å². The van der Waals surface area contributed by atoms with Crippen molar-refractivity contribution in [3.05, 3.63) is 82.9 Å². The highest BCUT2D eigenvalue weighted by Crippen LogP contribution is 2.17. The summed E-state index contributed by atoms with van der Waals surface area (Å²) in [6.07, 6.45) is 0.797. The first-order chi connectivity index (χ1) is 13.6. The third-order valence-corrected chi connectivity index (χ3v) is 4.72. The van der Waals surface area contributed by atoms with Gasteiger partial charge in [-0.25, -0.2) is 9.07 Å². The lowest BCUT2D eigenvalue weighted by molar-refractivity contribution is 0.626. The van der Waals surface area contributed by atoms with Gasteiger partial charge in [-0.05, 0) is 50.1 Å². The van der Waals surface area contributed by atoms with Gasteiger partial charge in [-0.1, -0.05) is 30.3 Å². The third-order valence-electron chi connectivity index (χ3n) is 4.72. The molecule has 5 nitrogen and oxygen atoms in total. The predicted molar refractivity (Wildman–Crippen MR) is 127 cm³/mol. The molecule has 0 saturated heterocycles. The molecule has 29 heavy (non-hydrogen) atoms. The van der Waals surface area contributed by atoms with Crippen LogP contribution in [0.1, 0.15) is 22.5 Å². The number of hydrogen-bond acceptors (Lipinski definition) is 2. The van der Waals surface area contributed by atoms with Gasteiger partial charge in [0.25, 0.3) is 0 Å². The van der Waals surface area contributed by atoms with E-state index in [0.29, 0.717) is 13.1 Å². The molecule has 0 atom stereocenters. The third kappa shape index (κ3) is 6.03. The highest BCUT2D eigenvalue weighted by molar-refractivity contribution is 14.0. The quantitative estimate of drug-likeness (QED) is 0.300. The molecule has 3 aromatic rings. The van der Waals surface area contributed by atoms with E-state index in [1.807, 2.05) is 41.9 Å². The van der Waals surface area contributed by atoms with E-state index < -0.39 is 0 Å². The first-order valence-electron chi connectivity index (χ1n) is 9.38. The number of rotatable bonds is 6. The molecule has 7 heteroatoms. The van der Waals surface area contributed by atoms with Crippen LogP contribution in [0.2, 0.25) is 0 Å². The Morgan fingerprint density at radius 2 is 1.72 bits per heavy atom. The zero-order valence-corrected chi connectivity index (χ0v) is 19.3. The van der Waals surface area contributed by atoms with Gasteiger partial charge >= 0.3 is 0 Å². The second-order valence-electron chi connectivity index (χ2n) is 6.63. The van der Waals surface area contributed by atoms with Crippen LogP contribution in [-0.2, 0) is 13.0 Å². The van der Waals surface area contributed by atoms with Gasteiger partial charge < -0.3 is 10.6 Å². The van der Waals surface area contributed by atoms with Crippen LogP contribution in [0.5, 0.6) is 0 Å². The van der Waals surface area contributed by atoms with Crippen molar-refractivity contribution in [2.24, 2.45) is 4.99 Å². The summed E-state index contributed by atoms with van der Waals surface area (Å²) < 4.78 is 14.9. The molecule has 0 radical (unpaired) electrons. The summed E-state index contributed by atoms with van der Waals surface area (Å²) in [6.45, 7) is 5.45. The van der Waals surface area contributed by atoms with Crippen molar-refractivity contribution in [2.45, 2.75) is 26.8 Å². The number of benzene rings is 2. The minimum Gasteiger partial charge on any atom is -0.356 e. The smallest absolute Gasteiger partial charge is 0.191 e. The van der Waals surface area contributed by atoms with E-state index in [-0.39, 0.29) is 29.8 Å². The molecule has 1 heterocycles. The number of guanidine groups is 1. The largest absolute Gasteiger partial charge is 0.356 e. The van der Waals surface area contributed by atoms with E-state index >= 15 is 0 Å². The van der Waals surface area contributed by atoms with E-state index in [9.17, 15) is 4.39 Å². The van der Waals surface area contributed by atoms with Crippen LogP contribution in [-0.4, -0.2) is 29.3 Å². The number of hydrogen-bond donors (Lipinski definition) is 2. The highest BCUT2D eigenvalue weighted by atomic mass is 127. The van der Waals surface area contributed by atoms with Crippen molar-refractivity contribution in [2.75, 3.05) is 13.6 Å². The topological polar surface area (TPSA) is 54.2 Å². The van der Waals surface area contributed by atoms with E-state index in [0.717, 1.165) is 40.6 Å². The van der Waals surface area contributed by atoms with Gasteiger partial charge in [0.05, 0.1) is 11.4 Å². The summed E-state index contributed by atoms with van der Waals surface area (Å²) in [6, 6.07) is 16.7. The summed E-state index contributed by atoms with van der Waals surface area (Å²) in [5.41, 5.74) is 5.40. The average molecular weight is 507 g/mol. The number of aryl methyl sites for hydroxylation is 1. The van der Waals surface area contributed by atoms with Gasteiger partial charge in [-0.3, -0.25) is 4.99 Å². The van der Waals surface area contributed by atoms with Crippen molar-refractivity contribution in [3.63, 3.8) is 0 Å². The first kappa shape index (κ1) is 22.9. The number of aromatic nitrogens is 2. The van der Waals surface area contributed by atoms with Crippen LogP contribution in [0.4, 0.5) is 4.39 Å². The van der Waals surface area contributed by atoms with Gasteiger partial charge in [-0.2, -0.15) is 5.10 Å². The van der Waals surface area contributed by atoms with Gasteiger partial charge in [0.1, 0.15) is 5.82 Å². The SMILES string of the molecule is CN=C(NCCc1ccc(F)cc1)NCc1c(C)nn(-c2ccccc2)c1C.I. The Morgan fingerprint density at radius 3 is 2.38 bits per heavy atom. The van der Waals surface area contributed by atoms with Gasteiger partial charge in [0.2, 0.25) is 0 Å². The van der Waals surface area contributed by atoms with Crippen LogP contribution >= 0.6 is 24.0 Å². The summed E-state index contributed by atoms with van der Waals surface area (Å²) in [5, 5.41) is 11.3. The lowest BCUT2D eigenvalue weighted by atomic mass is 10.1. The molecule has 0 fully saturated rings. The lowest BCUT2D eigenvalue weighted by Crippen LogP contribution is -2.38. The van der Waals surface area contributed by atoms with E-state index in [2.05, 4.69) is 27.6 Å². The Hall–Kier alpha value is -2.42. The van der Waals surface area contributed by atoms with E-state index in [1.165, 1.54) is 12.1 Å². The maximum Gasteiger partial charge on any atom is 0.191 e. The Balaban J connectivity index is 0.00000300. The first-order valence-corrected chi connectivity index (χ1v) is 9.38. The molecule has 0 unspecified atom stereocenters. The number of aliphatic imine (C=N–C) groups is 1. The fourth-order valence-electron chi connectivity index (χ4n) is 3.12.